The maximum atomic E-state index is 14.2. The molecular weight excluding hydrogens is 570 g/mol. The molecule has 4 rings (SSSR count). The third-order valence-corrected chi connectivity index (χ3v) is 9.88. The number of benzene rings is 3. The summed E-state index contributed by atoms with van der Waals surface area (Å²) >= 11 is 6.31. The van der Waals surface area contributed by atoms with Crippen LogP contribution in [-0.2, 0) is 26.0 Å². The Hall–Kier alpha value is -3.36. The Morgan fingerprint density at radius 2 is 1.60 bits per heavy atom. The van der Waals surface area contributed by atoms with Crippen molar-refractivity contribution in [3.63, 3.8) is 0 Å². The van der Waals surface area contributed by atoms with Crippen LogP contribution < -0.4 is 9.62 Å². The van der Waals surface area contributed by atoms with E-state index in [0.717, 1.165) is 35.6 Å². The number of carbonyl (C=O) groups excluding carboxylic acids is 2. The minimum absolute atomic E-state index is 0.0649. The van der Waals surface area contributed by atoms with E-state index in [2.05, 4.69) is 5.32 Å². The Bertz CT molecular complexity index is 1440. The van der Waals surface area contributed by atoms with Crippen LogP contribution in [0.3, 0.4) is 0 Å². The van der Waals surface area contributed by atoms with Gasteiger partial charge in [-0.2, -0.15) is 0 Å². The summed E-state index contributed by atoms with van der Waals surface area (Å²) in [6.45, 7) is 3.46. The molecule has 3 aromatic carbocycles. The van der Waals surface area contributed by atoms with E-state index in [9.17, 15) is 18.0 Å². The van der Waals surface area contributed by atoms with Crippen molar-refractivity contribution in [2.75, 3.05) is 17.4 Å². The van der Waals surface area contributed by atoms with Crippen molar-refractivity contribution in [1.29, 1.82) is 0 Å². The summed E-state index contributed by atoms with van der Waals surface area (Å²) < 4.78 is 29.1. The second kappa shape index (κ2) is 14.7. The molecule has 1 fully saturated rings. The Balaban J connectivity index is 1.69. The summed E-state index contributed by atoms with van der Waals surface area (Å²) in [5, 5.41) is 3.54. The van der Waals surface area contributed by atoms with E-state index in [1.165, 1.54) is 18.6 Å². The summed E-state index contributed by atoms with van der Waals surface area (Å²) in [4.78, 5) is 29.5. The lowest BCUT2D eigenvalue weighted by atomic mass is 9.95. The van der Waals surface area contributed by atoms with Crippen LogP contribution in [0.1, 0.15) is 56.6 Å². The summed E-state index contributed by atoms with van der Waals surface area (Å²) in [5.74, 6) is -0.641. The van der Waals surface area contributed by atoms with Gasteiger partial charge in [0.15, 0.2) is 0 Å². The third kappa shape index (κ3) is 7.92. The minimum atomic E-state index is -4.14. The number of halogens is 1. The first-order chi connectivity index (χ1) is 20.2. The first kappa shape index (κ1) is 31.6. The van der Waals surface area contributed by atoms with Crippen molar-refractivity contribution < 1.29 is 18.0 Å². The smallest absolute Gasteiger partial charge is 0.264 e. The first-order valence-corrected chi connectivity index (χ1v) is 16.5. The fraction of sp³-hybridized carbons (Fsp3) is 0.394. The fourth-order valence-electron chi connectivity index (χ4n) is 5.52. The highest BCUT2D eigenvalue weighted by Gasteiger charge is 2.34. The highest BCUT2D eigenvalue weighted by molar-refractivity contribution is 7.92. The molecule has 224 valence electrons. The predicted molar refractivity (Wildman–Crippen MR) is 168 cm³/mol. The predicted octanol–water partition coefficient (Wildman–Crippen LogP) is 6.14. The topological polar surface area (TPSA) is 86.8 Å². The van der Waals surface area contributed by atoms with E-state index < -0.39 is 28.5 Å². The van der Waals surface area contributed by atoms with Crippen LogP contribution in [0, 0.1) is 6.92 Å². The Morgan fingerprint density at radius 1 is 0.952 bits per heavy atom. The van der Waals surface area contributed by atoms with Crippen molar-refractivity contribution in [3.8, 4) is 0 Å². The Labute approximate surface area is 254 Å². The molecule has 0 spiro atoms. The van der Waals surface area contributed by atoms with Gasteiger partial charge in [0.25, 0.3) is 10.0 Å². The van der Waals surface area contributed by atoms with Gasteiger partial charge in [0, 0.05) is 17.6 Å². The molecule has 1 unspecified atom stereocenters. The molecule has 1 saturated carbocycles. The summed E-state index contributed by atoms with van der Waals surface area (Å²) in [6.07, 6.45) is 6.10. The number of nitrogens with zero attached hydrogens (tertiary/aromatic N) is 2. The van der Waals surface area contributed by atoms with Crippen molar-refractivity contribution in [2.24, 2.45) is 0 Å². The molecule has 7 nitrogen and oxygen atoms in total. The quantitative estimate of drug-likeness (QED) is 0.267. The van der Waals surface area contributed by atoms with Gasteiger partial charge in [0.2, 0.25) is 11.8 Å². The average Bonchev–Trinajstić information content (AvgIpc) is 3.00. The van der Waals surface area contributed by atoms with Crippen molar-refractivity contribution >= 4 is 39.1 Å². The van der Waals surface area contributed by atoms with Crippen LogP contribution in [0.25, 0.3) is 0 Å². The van der Waals surface area contributed by atoms with Crippen LogP contribution in [0.2, 0.25) is 5.02 Å². The summed E-state index contributed by atoms with van der Waals surface area (Å²) in [7, 11) is -4.14. The van der Waals surface area contributed by atoms with Gasteiger partial charge in [-0.1, -0.05) is 92.4 Å². The maximum absolute atomic E-state index is 14.2. The van der Waals surface area contributed by atoms with E-state index in [0.29, 0.717) is 29.1 Å². The molecule has 3 aromatic rings. The SMILES string of the molecule is CCC(C(=O)NC1CCCCC1)N(CCc1ccccc1)C(=O)CN(c1cc(Cl)ccc1C)S(=O)(=O)c1ccccc1. The van der Waals surface area contributed by atoms with Gasteiger partial charge in [-0.05, 0) is 68.0 Å². The lowest BCUT2D eigenvalue weighted by Gasteiger charge is -2.34. The summed E-state index contributed by atoms with van der Waals surface area (Å²) in [6, 6.07) is 22.1. The number of amides is 2. The molecule has 0 heterocycles. The number of anilines is 1. The molecule has 42 heavy (non-hydrogen) atoms. The first-order valence-electron chi connectivity index (χ1n) is 14.7. The molecule has 0 aliphatic heterocycles. The highest BCUT2D eigenvalue weighted by Crippen LogP contribution is 2.30. The second-order valence-electron chi connectivity index (χ2n) is 10.8. The zero-order valence-electron chi connectivity index (χ0n) is 24.3. The van der Waals surface area contributed by atoms with Crippen LogP contribution in [-0.4, -0.2) is 50.3 Å². The number of nitrogens with one attached hydrogen (secondary N) is 1. The monoisotopic (exact) mass is 609 g/mol. The van der Waals surface area contributed by atoms with Crippen LogP contribution in [0.4, 0.5) is 5.69 Å². The van der Waals surface area contributed by atoms with Gasteiger partial charge in [-0.25, -0.2) is 8.42 Å². The average molecular weight is 610 g/mol. The molecule has 1 N–H and O–H groups in total. The summed E-state index contributed by atoms with van der Waals surface area (Å²) in [5.41, 5.74) is 2.00. The fourth-order valence-corrected chi connectivity index (χ4v) is 7.18. The highest BCUT2D eigenvalue weighted by atomic mass is 35.5. The van der Waals surface area contributed by atoms with Crippen molar-refractivity contribution in [3.05, 3.63) is 95.0 Å². The number of hydrogen-bond donors (Lipinski definition) is 1. The second-order valence-corrected chi connectivity index (χ2v) is 13.1. The number of rotatable bonds is 12. The van der Waals surface area contributed by atoms with Gasteiger partial charge in [0.05, 0.1) is 10.6 Å². The number of carbonyl (C=O) groups is 2. The van der Waals surface area contributed by atoms with Gasteiger partial charge < -0.3 is 10.2 Å². The van der Waals surface area contributed by atoms with Crippen molar-refractivity contribution in [1.82, 2.24) is 10.2 Å². The van der Waals surface area contributed by atoms with Gasteiger partial charge >= 0.3 is 0 Å². The van der Waals surface area contributed by atoms with Crippen LogP contribution in [0.15, 0.2) is 83.8 Å². The lowest BCUT2D eigenvalue weighted by molar-refractivity contribution is -0.140. The van der Waals surface area contributed by atoms with E-state index in [1.54, 1.807) is 48.2 Å². The molecule has 9 heteroatoms. The molecule has 0 aromatic heterocycles. The number of sulfonamides is 1. The van der Waals surface area contributed by atoms with E-state index in [4.69, 9.17) is 11.6 Å². The zero-order valence-corrected chi connectivity index (χ0v) is 25.9. The third-order valence-electron chi connectivity index (χ3n) is 7.87. The Kier molecular flexibility index (Phi) is 11.0. The van der Waals surface area contributed by atoms with Crippen LogP contribution >= 0.6 is 11.6 Å². The normalized spacial score (nSPS) is 14.6. The molecule has 0 radical (unpaired) electrons. The zero-order chi connectivity index (χ0) is 30.1. The van der Waals surface area contributed by atoms with Gasteiger partial charge in [-0.15, -0.1) is 0 Å². The molecule has 1 aliphatic carbocycles. The molecule has 0 bridgehead atoms. The molecule has 2 amide bonds. The van der Waals surface area contributed by atoms with Gasteiger partial charge in [-0.3, -0.25) is 13.9 Å². The van der Waals surface area contributed by atoms with Crippen molar-refractivity contribution in [2.45, 2.75) is 75.8 Å². The van der Waals surface area contributed by atoms with E-state index >= 15 is 0 Å². The lowest BCUT2D eigenvalue weighted by Crippen LogP contribution is -2.54. The molecular formula is C33H40ClN3O4S. The van der Waals surface area contributed by atoms with E-state index in [1.807, 2.05) is 37.3 Å². The molecule has 0 saturated heterocycles. The molecule has 1 aliphatic rings. The maximum Gasteiger partial charge on any atom is 0.264 e. The number of hydrogen-bond acceptors (Lipinski definition) is 4. The minimum Gasteiger partial charge on any atom is -0.352 e. The standard InChI is InChI=1S/C33H40ClN3O4S/c1-3-30(33(39)35-28-15-9-5-10-16-28)36(22-21-26-13-7-4-8-14-26)32(38)24-37(31-23-27(34)20-19-25(31)2)42(40,41)29-17-11-6-12-18-29/h4,6-8,11-14,17-20,23,28,30H,3,5,9-10,15-16,21-22,24H2,1-2H3,(H,35,39). The largest absolute Gasteiger partial charge is 0.352 e. The molecule has 1 atom stereocenters. The number of aryl methyl sites for hydroxylation is 1. The van der Waals surface area contributed by atoms with E-state index in [-0.39, 0.29) is 23.4 Å². The van der Waals surface area contributed by atoms with Gasteiger partial charge in [0.1, 0.15) is 12.6 Å². The van der Waals surface area contributed by atoms with Crippen LogP contribution in [0.5, 0.6) is 0 Å². The Morgan fingerprint density at radius 3 is 2.24 bits per heavy atom.